The summed E-state index contributed by atoms with van der Waals surface area (Å²) >= 11 is 3.22. The van der Waals surface area contributed by atoms with Crippen LogP contribution in [0.15, 0.2) is 21.4 Å². The standard InChI is InChI=1S/C10H8BrFN2O/c1-5-13-9-7(12)4-3-6(11)8(9)10(15)14(5)2/h3-4H,1-2H3. The minimum atomic E-state index is -0.478. The fraction of sp³-hybridized carbons (Fsp3) is 0.200. The van der Waals surface area contributed by atoms with Crippen molar-refractivity contribution in [3.8, 4) is 0 Å². The number of fused-ring (bicyclic) bond motifs is 1. The van der Waals surface area contributed by atoms with Gasteiger partial charge in [0.15, 0.2) is 0 Å². The molecule has 0 spiro atoms. The Hall–Kier alpha value is -1.23. The van der Waals surface area contributed by atoms with Gasteiger partial charge in [-0.2, -0.15) is 0 Å². The molecular formula is C10H8BrFN2O. The van der Waals surface area contributed by atoms with E-state index in [0.29, 0.717) is 10.3 Å². The summed E-state index contributed by atoms with van der Waals surface area (Å²) in [5.41, 5.74) is -0.131. The van der Waals surface area contributed by atoms with E-state index in [1.807, 2.05) is 0 Å². The maximum atomic E-state index is 13.4. The minimum absolute atomic E-state index is 0.116. The third kappa shape index (κ3) is 1.47. The van der Waals surface area contributed by atoms with Crippen molar-refractivity contribution in [1.82, 2.24) is 9.55 Å². The smallest absolute Gasteiger partial charge is 0.262 e. The molecule has 3 nitrogen and oxygen atoms in total. The number of benzene rings is 1. The Morgan fingerprint density at radius 2 is 2.13 bits per heavy atom. The second kappa shape index (κ2) is 3.41. The van der Waals surface area contributed by atoms with Crippen LogP contribution in [0, 0.1) is 12.7 Å². The first-order valence-corrected chi connectivity index (χ1v) is 5.13. The third-order valence-electron chi connectivity index (χ3n) is 2.36. The lowest BCUT2D eigenvalue weighted by molar-refractivity contribution is 0.633. The molecule has 1 aromatic carbocycles. The maximum absolute atomic E-state index is 13.4. The van der Waals surface area contributed by atoms with Crippen LogP contribution in [0.2, 0.25) is 0 Å². The highest BCUT2D eigenvalue weighted by molar-refractivity contribution is 9.10. The van der Waals surface area contributed by atoms with Crippen molar-refractivity contribution in [3.63, 3.8) is 0 Å². The van der Waals surface area contributed by atoms with Crippen LogP contribution in [0.4, 0.5) is 4.39 Å². The van der Waals surface area contributed by atoms with Crippen LogP contribution in [-0.2, 0) is 7.05 Å². The minimum Gasteiger partial charge on any atom is -0.299 e. The van der Waals surface area contributed by atoms with E-state index < -0.39 is 5.82 Å². The second-order valence-corrected chi connectivity index (χ2v) is 4.13. The summed E-state index contributed by atoms with van der Waals surface area (Å²) in [7, 11) is 1.61. The highest BCUT2D eigenvalue weighted by Crippen LogP contribution is 2.21. The number of halogens is 2. The Kier molecular flexibility index (Phi) is 2.34. The van der Waals surface area contributed by atoms with E-state index in [0.717, 1.165) is 0 Å². The fourth-order valence-corrected chi connectivity index (χ4v) is 1.89. The van der Waals surface area contributed by atoms with E-state index in [4.69, 9.17) is 0 Å². The largest absolute Gasteiger partial charge is 0.299 e. The molecule has 0 saturated heterocycles. The van der Waals surface area contributed by atoms with E-state index in [9.17, 15) is 9.18 Å². The van der Waals surface area contributed by atoms with Crippen molar-refractivity contribution >= 4 is 26.8 Å². The van der Waals surface area contributed by atoms with Gasteiger partial charge in [0.2, 0.25) is 0 Å². The van der Waals surface area contributed by atoms with Crippen LogP contribution < -0.4 is 5.56 Å². The number of hydrogen-bond donors (Lipinski definition) is 0. The van der Waals surface area contributed by atoms with E-state index in [1.165, 1.54) is 16.7 Å². The highest BCUT2D eigenvalue weighted by Gasteiger charge is 2.12. The van der Waals surface area contributed by atoms with Crippen LogP contribution in [0.3, 0.4) is 0 Å². The molecule has 1 aromatic heterocycles. The Bertz CT molecular complexity index is 606. The van der Waals surface area contributed by atoms with Crippen LogP contribution in [0.1, 0.15) is 5.82 Å². The van der Waals surface area contributed by atoms with Crippen LogP contribution in [0.25, 0.3) is 10.9 Å². The first-order chi connectivity index (χ1) is 7.02. The second-order valence-electron chi connectivity index (χ2n) is 3.28. The molecule has 0 amide bonds. The Balaban J connectivity index is 3.12. The molecule has 0 N–H and O–H groups in total. The zero-order valence-corrected chi connectivity index (χ0v) is 9.80. The number of nitrogens with zero attached hydrogens (tertiary/aromatic N) is 2. The highest BCUT2D eigenvalue weighted by atomic mass is 79.9. The maximum Gasteiger partial charge on any atom is 0.262 e. The topological polar surface area (TPSA) is 34.9 Å². The van der Waals surface area contributed by atoms with Gasteiger partial charge in [0.1, 0.15) is 17.2 Å². The van der Waals surface area contributed by atoms with Gasteiger partial charge in [-0.3, -0.25) is 9.36 Å². The lowest BCUT2D eigenvalue weighted by Gasteiger charge is -2.06. The van der Waals surface area contributed by atoms with Gasteiger partial charge in [-0.15, -0.1) is 0 Å². The molecule has 0 atom stereocenters. The molecule has 0 aliphatic carbocycles. The molecule has 0 aliphatic rings. The average Bonchev–Trinajstić information content (AvgIpc) is 2.20. The molecule has 0 bridgehead atoms. The molecule has 0 unspecified atom stereocenters. The van der Waals surface area contributed by atoms with Crippen molar-refractivity contribution in [1.29, 1.82) is 0 Å². The van der Waals surface area contributed by atoms with Gasteiger partial charge in [-0.05, 0) is 35.0 Å². The van der Waals surface area contributed by atoms with Gasteiger partial charge in [0.25, 0.3) is 5.56 Å². The summed E-state index contributed by atoms with van der Waals surface area (Å²) in [6.45, 7) is 1.67. The molecule has 0 radical (unpaired) electrons. The summed E-state index contributed by atoms with van der Waals surface area (Å²) in [5, 5.41) is 0.281. The number of hydrogen-bond acceptors (Lipinski definition) is 2. The van der Waals surface area contributed by atoms with Crippen LogP contribution in [0.5, 0.6) is 0 Å². The Labute approximate surface area is 93.7 Å². The number of aryl methyl sites for hydroxylation is 1. The van der Waals surface area contributed by atoms with E-state index >= 15 is 0 Å². The molecule has 0 saturated carbocycles. The summed E-state index contributed by atoms with van der Waals surface area (Å²) in [5.74, 6) is 0.0125. The van der Waals surface area contributed by atoms with Gasteiger partial charge >= 0.3 is 0 Å². The van der Waals surface area contributed by atoms with E-state index in [1.54, 1.807) is 14.0 Å². The zero-order valence-electron chi connectivity index (χ0n) is 8.21. The number of rotatable bonds is 0. The molecule has 5 heteroatoms. The lowest BCUT2D eigenvalue weighted by Crippen LogP contribution is -2.21. The van der Waals surface area contributed by atoms with Gasteiger partial charge in [-0.1, -0.05) is 0 Å². The van der Waals surface area contributed by atoms with Crippen molar-refractivity contribution < 1.29 is 4.39 Å². The first-order valence-electron chi connectivity index (χ1n) is 4.33. The van der Waals surface area contributed by atoms with Crippen molar-refractivity contribution in [3.05, 3.63) is 38.6 Å². The zero-order chi connectivity index (χ0) is 11.2. The molecule has 2 aromatic rings. The predicted molar refractivity (Wildman–Crippen MR) is 59.4 cm³/mol. The quantitative estimate of drug-likeness (QED) is 0.735. The molecular weight excluding hydrogens is 263 g/mol. The Morgan fingerprint density at radius 1 is 1.47 bits per heavy atom. The summed E-state index contributed by atoms with van der Waals surface area (Å²) in [4.78, 5) is 15.9. The van der Waals surface area contributed by atoms with Crippen molar-refractivity contribution in [2.24, 2.45) is 7.05 Å². The third-order valence-corrected chi connectivity index (χ3v) is 3.02. The van der Waals surface area contributed by atoms with Gasteiger partial charge < -0.3 is 0 Å². The molecule has 78 valence electrons. The number of aromatic nitrogens is 2. The first kappa shape index (κ1) is 10.3. The molecule has 1 heterocycles. The van der Waals surface area contributed by atoms with Gasteiger partial charge in [-0.25, -0.2) is 9.37 Å². The molecule has 15 heavy (non-hydrogen) atoms. The molecule has 0 aliphatic heterocycles. The summed E-state index contributed by atoms with van der Waals surface area (Å²) in [6.07, 6.45) is 0. The lowest BCUT2D eigenvalue weighted by atomic mass is 10.2. The fourth-order valence-electron chi connectivity index (χ4n) is 1.41. The monoisotopic (exact) mass is 270 g/mol. The SMILES string of the molecule is Cc1nc2c(F)ccc(Br)c2c(=O)n1C. The summed E-state index contributed by atoms with van der Waals surface area (Å²) < 4.78 is 15.4. The van der Waals surface area contributed by atoms with E-state index in [-0.39, 0.29) is 16.5 Å². The van der Waals surface area contributed by atoms with Crippen molar-refractivity contribution in [2.45, 2.75) is 6.92 Å². The molecule has 2 rings (SSSR count). The average molecular weight is 271 g/mol. The van der Waals surface area contributed by atoms with E-state index in [2.05, 4.69) is 20.9 Å². The van der Waals surface area contributed by atoms with Gasteiger partial charge in [0.05, 0.1) is 5.39 Å². The van der Waals surface area contributed by atoms with Gasteiger partial charge in [0, 0.05) is 11.5 Å². The van der Waals surface area contributed by atoms with Crippen LogP contribution in [-0.4, -0.2) is 9.55 Å². The van der Waals surface area contributed by atoms with Crippen LogP contribution >= 0.6 is 15.9 Å². The predicted octanol–water partition coefficient (Wildman–Crippen LogP) is 2.14. The normalized spacial score (nSPS) is 10.9. The van der Waals surface area contributed by atoms with Crippen molar-refractivity contribution in [2.75, 3.05) is 0 Å². The summed E-state index contributed by atoms with van der Waals surface area (Å²) in [6, 6.07) is 2.80. The molecule has 0 fully saturated rings. The Morgan fingerprint density at radius 3 is 2.80 bits per heavy atom.